The van der Waals surface area contributed by atoms with E-state index >= 15 is 0 Å². The minimum atomic E-state index is -5.03. The van der Waals surface area contributed by atoms with Gasteiger partial charge in [-0.05, 0) is 111 Å². The van der Waals surface area contributed by atoms with Gasteiger partial charge in [0.25, 0.3) is 11.8 Å². The summed E-state index contributed by atoms with van der Waals surface area (Å²) >= 11 is 12.9. The molecule has 21 heteroatoms. The third-order valence-electron chi connectivity index (χ3n) is 12.9. The topological polar surface area (TPSA) is 205 Å². The highest BCUT2D eigenvalue weighted by atomic mass is 35.5. The van der Waals surface area contributed by atoms with Gasteiger partial charge in [0, 0.05) is 74.9 Å². The third kappa shape index (κ3) is 13.6. The normalized spacial score (nSPS) is 19.8. The fourth-order valence-corrected chi connectivity index (χ4v) is 9.83. The summed E-state index contributed by atoms with van der Waals surface area (Å²) in [7, 11) is 0. The number of alkyl halides is 5. The number of nitrogens with zero attached hydrogens (tertiary/aromatic N) is 4. The predicted molar refractivity (Wildman–Crippen MR) is 289 cm³/mol. The van der Waals surface area contributed by atoms with Crippen molar-refractivity contribution >= 4 is 80.7 Å². The van der Waals surface area contributed by atoms with Crippen LogP contribution in [0.15, 0.2) is 122 Å². The molecular formula is C55H56Cl2F5N11O3. The summed E-state index contributed by atoms with van der Waals surface area (Å²) in [6.07, 6.45) is 2.32. The number of allylic oxidation sites excluding steroid dienone is 1. The maximum atomic E-state index is 14.7. The van der Waals surface area contributed by atoms with Gasteiger partial charge in [-0.1, -0.05) is 86.6 Å². The van der Waals surface area contributed by atoms with E-state index in [9.17, 15) is 36.3 Å². The Kier molecular flexibility index (Phi) is 18.0. The van der Waals surface area contributed by atoms with Gasteiger partial charge >= 0.3 is 12.1 Å². The lowest BCUT2D eigenvalue weighted by Gasteiger charge is -2.32. The second kappa shape index (κ2) is 24.4. The molecule has 0 spiro atoms. The van der Waals surface area contributed by atoms with Crippen molar-refractivity contribution in [3.8, 4) is 11.3 Å². The van der Waals surface area contributed by atoms with E-state index in [-0.39, 0.29) is 69.4 Å². The number of fused-ring (bicyclic) bond motifs is 2. The van der Waals surface area contributed by atoms with Crippen LogP contribution in [0, 0.1) is 0 Å². The summed E-state index contributed by atoms with van der Waals surface area (Å²) in [5.74, 6) is -2.20. The largest absolute Gasteiger partial charge is 0.471 e. The molecule has 3 aromatic heterocycles. The van der Waals surface area contributed by atoms with Gasteiger partial charge in [-0.3, -0.25) is 14.4 Å². The molecule has 3 aliphatic carbocycles. The van der Waals surface area contributed by atoms with Gasteiger partial charge in [0.1, 0.15) is 12.3 Å². The molecule has 0 radical (unpaired) electrons. The first kappa shape index (κ1) is 56.1. The Morgan fingerprint density at radius 1 is 0.632 bits per heavy atom. The Hall–Kier alpha value is -7.64. The molecule has 76 heavy (non-hydrogen) atoms. The van der Waals surface area contributed by atoms with Crippen LogP contribution in [0.4, 0.5) is 45.2 Å². The number of nitrogens with one attached hydrogen (secondary N) is 6. The average Bonchev–Trinajstić information content (AvgIpc) is 4.00. The average molecular weight is 1090 g/mol. The van der Waals surface area contributed by atoms with Crippen molar-refractivity contribution in [1.29, 1.82) is 0 Å². The second-order valence-electron chi connectivity index (χ2n) is 18.3. The van der Waals surface area contributed by atoms with Crippen molar-refractivity contribution in [2.75, 3.05) is 21.7 Å². The molecule has 0 bridgehead atoms. The highest BCUT2D eigenvalue weighted by Crippen LogP contribution is 2.36. The molecule has 398 valence electrons. The minimum absolute atomic E-state index is 0. The summed E-state index contributed by atoms with van der Waals surface area (Å²) < 4.78 is 66.5. The lowest BCUT2D eigenvalue weighted by atomic mass is 9.89. The number of hydrogen-bond acceptors (Lipinski definition) is 10. The second-order valence-corrected chi connectivity index (χ2v) is 19.1. The number of nitrogen functional groups attached to an aromatic ring is 1. The lowest BCUT2D eigenvalue weighted by Crippen LogP contribution is -2.45. The molecule has 2 fully saturated rings. The Balaban J connectivity index is 0.000000218. The minimum Gasteiger partial charge on any atom is -0.399 e. The number of amides is 3. The van der Waals surface area contributed by atoms with Gasteiger partial charge in [0.05, 0.1) is 33.8 Å². The van der Waals surface area contributed by atoms with Crippen molar-refractivity contribution in [2.45, 2.75) is 102 Å². The van der Waals surface area contributed by atoms with Crippen LogP contribution >= 0.6 is 23.2 Å². The van der Waals surface area contributed by atoms with Crippen molar-refractivity contribution in [3.63, 3.8) is 0 Å². The molecule has 4 aromatic carbocycles. The zero-order valence-corrected chi connectivity index (χ0v) is 40.7. The predicted octanol–water partition coefficient (Wildman–Crippen LogP) is 12.0. The Morgan fingerprint density at radius 2 is 1.14 bits per heavy atom. The monoisotopic (exact) mass is 1080 g/mol. The first-order valence-corrected chi connectivity index (χ1v) is 24.5. The SMILES string of the molecule is C.C.Nc1ccc(C(=O)NC2CC(F)CC(Nc3ncc(Cl)c(-c4c[nH]c5ccccc45)n3)C2)cc1.O=C(NC1CC(F)CC(Nc2ncc(Cl)c(C3=CCc4ccccc43)n2)C1)c1ccc(NC(=O)C(F)(F)F)cc1. The molecule has 0 aliphatic heterocycles. The van der Waals surface area contributed by atoms with E-state index < -0.39 is 36.4 Å². The summed E-state index contributed by atoms with van der Waals surface area (Å²) in [6, 6.07) is 26.0. The van der Waals surface area contributed by atoms with Gasteiger partial charge in [-0.15, -0.1) is 0 Å². The maximum absolute atomic E-state index is 14.7. The number of nitrogens with two attached hydrogens (primary N) is 1. The zero-order chi connectivity index (χ0) is 52.1. The van der Waals surface area contributed by atoms with E-state index in [4.69, 9.17) is 28.9 Å². The molecule has 7 aromatic rings. The zero-order valence-electron chi connectivity index (χ0n) is 39.2. The van der Waals surface area contributed by atoms with E-state index in [0.29, 0.717) is 63.8 Å². The summed E-state index contributed by atoms with van der Waals surface area (Å²) in [5.41, 5.74) is 13.0. The van der Waals surface area contributed by atoms with Gasteiger partial charge < -0.3 is 37.3 Å². The first-order valence-electron chi connectivity index (χ1n) is 23.7. The van der Waals surface area contributed by atoms with E-state index in [1.807, 2.05) is 54.7 Å². The molecule has 10 rings (SSSR count). The van der Waals surface area contributed by atoms with Crippen LogP contribution in [-0.2, 0) is 11.2 Å². The van der Waals surface area contributed by atoms with Crippen LogP contribution in [0.5, 0.6) is 0 Å². The summed E-state index contributed by atoms with van der Waals surface area (Å²) in [5, 5.41) is 15.7. The van der Waals surface area contributed by atoms with Crippen LogP contribution in [0.1, 0.15) is 90.9 Å². The van der Waals surface area contributed by atoms with Gasteiger partial charge in [-0.2, -0.15) is 13.2 Å². The highest BCUT2D eigenvalue weighted by Gasteiger charge is 2.39. The van der Waals surface area contributed by atoms with Crippen LogP contribution < -0.4 is 32.3 Å². The number of aromatic nitrogens is 5. The number of rotatable bonds is 11. The van der Waals surface area contributed by atoms with Crippen LogP contribution in [0.25, 0.3) is 27.7 Å². The molecule has 6 atom stereocenters. The van der Waals surface area contributed by atoms with E-state index in [1.54, 1.807) is 35.8 Å². The molecule has 3 heterocycles. The van der Waals surface area contributed by atoms with Crippen LogP contribution in [0.3, 0.4) is 0 Å². The number of H-pyrrole nitrogens is 1. The van der Waals surface area contributed by atoms with Crippen molar-refractivity contribution in [3.05, 3.63) is 160 Å². The molecule has 6 unspecified atom stereocenters. The third-order valence-corrected chi connectivity index (χ3v) is 13.4. The number of carbonyl (C=O) groups is 3. The molecule has 0 saturated heterocycles. The smallest absolute Gasteiger partial charge is 0.399 e. The number of hydrogen-bond donors (Lipinski definition) is 7. The number of halogens is 7. The molecule has 14 nitrogen and oxygen atoms in total. The van der Waals surface area contributed by atoms with Crippen LogP contribution in [-0.4, -0.2) is 85.3 Å². The molecule has 3 aliphatic rings. The van der Waals surface area contributed by atoms with E-state index in [2.05, 4.69) is 52.3 Å². The first-order chi connectivity index (χ1) is 35.5. The summed E-state index contributed by atoms with van der Waals surface area (Å²) in [4.78, 5) is 57.5. The quantitative estimate of drug-likeness (QED) is 0.0482. The lowest BCUT2D eigenvalue weighted by molar-refractivity contribution is -0.167. The Morgan fingerprint density at radius 3 is 1.74 bits per heavy atom. The Labute approximate surface area is 445 Å². The molecule has 3 amide bonds. The van der Waals surface area contributed by atoms with Gasteiger partial charge in [0.2, 0.25) is 11.9 Å². The standard InChI is InChI=1S/C28H24ClF4N5O2.C25H24ClFN6O.2CH4/c29-23-14-34-27(38-24(23)22-10-7-15-3-1-2-4-21(15)22)37-20-12-17(30)11-19(13-20)35-25(39)16-5-8-18(9-6-16)36-26(40)28(31,32)33;26-21-13-30-25(33-23(21)20-12-29-22-4-2-1-3-19(20)22)32-18-10-15(27)9-17(11-18)31-24(34)14-5-7-16(28)8-6-14;;/h1-6,8-10,14,17,19-20H,7,11-13H2,(H,35,39)(H,36,40)(H,34,37,38);1-8,12-13,15,17-18,29H,9-11,28H2,(H,31,34)(H,30,32,33);2*1H4. The van der Waals surface area contributed by atoms with Crippen molar-refractivity contribution in [2.24, 2.45) is 0 Å². The molecule has 8 N–H and O–H groups in total. The van der Waals surface area contributed by atoms with E-state index in [1.165, 1.54) is 36.0 Å². The number of anilines is 4. The van der Waals surface area contributed by atoms with Crippen molar-refractivity contribution < 1.29 is 36.3 Å². The molecule has 2 saturated carbocycles. The fraction of sp³-hybridized carbons (Fsp3) is 0.291. The number of aromatic amines is 1. The van der Waals surface area contributed by atoms with Crippen LogP contribution in [0.2, 0.25) is 10.0 Å². The maximum Gasteiger partial charge on any atom is 0.471 e. The number of benzene rings is 4. The summed E-state index contributed by atoms with van der Waals surface area (Å²) in [6.45, 7) is 0. The number of para-hydroxylation sites is 1. The Bertz CT molecular complexity index is 3210. The van der Waals surface area contributed by atoms with E-state index in [0.717, 1.165) is 34.0 Å². The van der Waals surface area contributed by atoms with Gasteiger partial charge in [-0.25, -0.2) is 28.7 Å². The van der Waals surface area contributed by atoms with Crippen molar-refractivity contribution in [1.82, 2.24) is 35.6 Å². The highest BCUT2D eigenvalue weighted by molar-refractivity contribution is 6.33. The molecular weight excluding hydrogens is 1030 g/mol. The fourth-order valence-electron chi connectivity index (χ4n) is 9.44. The number of carbonyl (C=O) groups excluding carboxylic acids is 3. The van der Waals surface area contributed by atoms with Gasteiger partial charge in [0.15, 0.2) is 0 Å².